The number of rotatable bonds is 4. The Hall–Kier alpha value is -2.16. The Balaban J connectivity index is 1.54. The third-order valence-corrected chi connectivity index (χ3v) is 8.47. The van der Waals surface area contributed by atoms with Gasteiger partial charge in [-0.1, -0.05) is 24.3 Å². The molecule has 2 aliphatic heterocycles. The molecule has 2 fully saturated rings. The second-order valence-corrected chi connectivity index (χ2v) is 10.2. The van der Waals surface area contributed by atoms with Gasteiger partial charge in [0.15, 0.2) is 0 Å². The van der Waals surface area contributed by atoms with Crippen molar-refractivity contribution in [3.8, 4) is 0 Å². The minimum Gasteiger partial charge on any atom is -0.444 e. The highest BCUT2D eigenvalue weighted by atomic mass is 35.5. The van der Waals surface area contributed by atoms with E-state index in [1.165, 1.54) is 10.8 Å². The zero-order valence-corrected chi connectivity index (χ0v) is 17.2. The number of aromatic nitrogens is 2. The molecule has 2 atom stereocenters. The number of hydrogen-bond acceptors (Lipinski definition) is 5. The number of halogens is 1. The topological polar surface area (TPSA) is 81.5 Å². The normalized spacial score (nSPS) is 24.3. The fourth-order valence-corrected chi connectivity index (χ4v) is 6.75. The minimum atomic E-state index is -3.71. The molecule has 1 saturated carbocycles. The molecule has 1 aliphatic carbocycles. The average Bonchev–Trinajstić information content (AvgIpc) is 3.26. The highest BCUT2D eigenvalue weighted by molar-refractivity contribution is 7.89. The Kier molecular flexibility index (Phi) is 4.17. The predicted octanol–water partition coefficient (Wildman–Crippen LogP) is 3.55. The number of sulfonamides is 1. The second kappa shape index (κ2) is 6.42. The molecule has 2 unspecified atom stereocenters. The molecule has 3 aliphatic rings. The SMILES string of the molecule is C=CCOC(=O)n1cc2c(n1)CC1N(S(=O)(=O)c3ccc(Cl)cc3)C2CC12CC2. The summed E-state index contributed by atoms with van der Waals surface area (Å²) >= 11 is 5.94. The number of hydrogen-bond donors (Lipinski definition) is 0. The molecule has 1 aromatic heterocycles. The van der Waals surface area contributed by atoms with E-state index in [4.69, 9.17) is 16.3 Å². The molecule has 2 bridgehead atoms. The van der Waals surface area contributed by atoms with Gasteiger partial charge in [-0.05, 0) is 48.9 Å². The summed E-state index contributed by atoms with van der Waals surface area (Å²) in [5.41, 5.74) is 1.59. The highest BCUT2D eigenvalue weighted by Gasteiger charge is 2.64. The molecule has 3 heterocycles. The Morgan fingerprint density at radius 2 is 2.07 bits per heavy atom. The molecule has 0 amide bonds. The first-order valence-corrected chi connectivity index (χ1v) is 11.3. The molecule has 2 aromatic rings. The van der Waals surface area contributed by atoms with E-state index < -0.39 is 16.1 Å². The fourth-order valence-electron chi connectivity index (χ4n) is 4.75. The first-order chi connectivity index (χ1) is 13.9. The molecular formula is C20H20ClN3O4S. The van der Waals surface area contributed by atoms with Gasteiger partial charge >= 0.3 is 6.09 Å². The summed E-state index contributed by atoms with van der Waals surface area (Å²) in [6.07, 6.45) is 5.81. The third-order valence-electron chi connectivity index (χ3n) is 6.28. The van der Waals surface area contributed by atoms with Crippen LogP contribution in [-0.4, -0.2) is 41.2 Å². The van der Waals surface area contributed by atoms with E-state index in [-0.39, 0.29) is 29.0 Å². The lowest BCUT2D eigenvalue weighted by Crippen LogP contribution is -2.43. The zero-order valence-electron chi connectivity index (χ0n) is 15.6. The quantitative estimate of drug-likeness (QED) is 0.689. The number of nitrogens with zero attached hydrogens (tertiary/aromatic N) is 3. The molecular weight excluding hydrogens is 414 g/mol. The fraction of sp³-hybridized carbons (Fsp3) is 0.400. The lowest BCUT2D eigenvalue weighted by atomic mass is 9.95. The van der Waals surface area contributed by atoms with Crippen molar-refractivity contribution in [3.63, 3.8) is 0 Å². The van der Waals surface area contributed by atoms with Crippen LogP contribution in [0.3, 0.4) is 0 Å². The van der Waals surface area contributed by atoms with Gasteiger partial charge in [-0.2, -0.15) is 14.1 Å². The van der Waals surface area contributed by atoms with Crippen molar-refractivity contribution in [2.45, 2.75) is 42.7 Å². The lowest BCUT2D eigenvalue weighted by molar-refractivity contribution is 0.156. The van der Waals surface area contributed by atoms with E-state index >= 15 is 0 Å². The molecule has 0 N–H and O–H groups in total. The lowest BCUT2D eigenvalue weighted by Gasteiger charge is -2.34. The number of benzene rings is 1. The molecule has 152 valence electrons. The van der Waals surface area contributed by atoms with Crippen molar-refractivity contribution in [1.29, 1.82) is 0 Å². The van der Waals surface area contributed by atoms with Gasteiger partial charge in [-0.15, -0.1) is 0 Å². The van der Waals surface area contributed by atoms with Crippen molar-refractivity contribution in [2.75, 3.05) is 6.61 Å². The molecule has 0 radical (unpaired) electrons. The van der Waals surface area contributed by atoms with Crippen molar-refractivity contribution >= 4 is 27.7 Å². The number of carbonyl (C=O) groups is 1. The summed E-state index contributed by atoms with van der Waals surface area (Å²) in [5.74, 6) is 0. The van der Waals surface area contributed by atoms with Crippen LogP contribution in [0.1, 0.15) is 36.6 Å². The number of carbonyl (C=O) groups excluding carboxylic acids is 1. The van der Waals surface area contributed by atoms with Gasteiger partial charge < -0.3 is 4.74 Å². The summed E-state index contributed by atoms with van der Waals surface area (Å²) in [4.78, 5) is 12.4. The Morgan fingerprint density at radius 1 is 1.34 bits per heavy atom. The Labute approximate surface area is 174 Å². The van der Waals surface area contributed by atoms with Crippen LogP contribution in [0, 0.1) is 5.41 Å². The van der Waals surface area contributed by atoms with Gasteiger partial charge in [0, 0.05) is 29.2 Å². The van der Waals surface area contributed by atoms with Gasteiger partial charge in [-0.25, -0.2) is 13.2 Å². The first kappa shape index (κ1) is 18.8. The standard InChI is InChI=1S/C20H20ClN3O4S/c1-2-9-28-19(25)23-12-15-16(22-23)10-18-20(7-8-20)11-17(15)24(18)29(26,27)14-5-3-13(21)4-6-14/h2-6,12,17-18H,1,7-11H2. The maximum Gasteiger partial charge on any atom is 0.434 e. The van der Waals surface area contributed by atoms with Crippen molar-refractivity contribution in [1.82, 2.24) is 14.1 Å². The summed E-state index contributed by atoms with van der Waals surface area (Å²) in [5, 5.41) is 4.90. The number of fused-ring (bicyclic) bond motifs is 5. The smallest absolute Gasteiger partial charge is 0.434 e. The van der Waals surface area contributed by atoms with E-state index in [1.54, 1.807) is 34.8 Å². The van der Waals surface area contributed by atoms with Crippen LogP contribution in [0.5, 0.6) is 0 Å². The average molecular weight is 434 g/mol. The van der Waals surface area contributed by atoms with Crippen LogP contribution in [0.4, 0.5) is 4.79 Å². The summed E-state index contributed by atoms with van der Waals surface area (Å²) in [6.45, 7) is 3.62. The van der Waals surface area contributed by atoms with E-state index in [0.29, 0.717) is 11.4 Å². The van der Waals surface area contributed by atoms with Gasteiger partial charge in [-0.3, -0.25) is 0 Å². The van der Waals surface area contributed by atoms with Crippen LogP contribution in [0.25, 0.3) is 0 Å². The van der Waals surface area contributed by atoms with E-state index in [1.807, 2.05) is 0 Å². The molecule has 5 rings (SSSR count). The van der Waals surface area contributed by atoms with Crippen molar-refractivity contribution in [3.05, 3.63) is 59.4 Å². The van der Waals surface area contributed by atoms with Gasteiger partial charge in [0.05, 0.1) is 16.6 Å². The van der Waals surface area contributed by atoms with E-state index in [2.05, 4.69) is 11.7 Å². The van der Waals surface area contributed by atoms with Gasteiger partial charge in [0.2, 0.25) is 10.0 Å². The molecule has 7 nitrogen and oxygen atoms in total. The van der Waals surface area contributed by atoms with E-state index in [0.717, 1.165) is 30.5 Å². The largest absolute Gasteiger partial charge is 0.444 e. The molecule has 1 spiro atoms. The van der Waals surface area contributed by atoms with Crippen LogP contribution < -0.4 is 0 Å². The maximum atomic E-state index is 13.5. The van der Waals surface area contributed by atoms with Gasteiger partial charge in [0.1, 0.15) is 6.61 Å². The van der Waals surface area contributed by atoms with Crippen LogP contribution in [0.15, 0.2) is 48.0 Å². The molecule has 1 aromatic carbocycles. The Morgan fingerprint density at radius 3 is 2.72 bits per heavy atom. The van der Waals surface area contributed by atoms with Crippen LogP contribution >= 0.6 is 11.6 Å². The summed E-state index contributed by atoms with van der Waals surface area (Å²) in [6, 6.07) is 5.80. The third kappa shape index (κ3) is 2.85. The monoisotopic (exact) mass is 433 g/mol. The van der Waals surface area contributed by atoms with Crippen molar-refractivity contribution < 1.29 is 17.9 Å². The van der Waals surface area contributed by atoms with Gasteiger partial charge in [0.25, 0.3) is 0 Å². The second-order valence-electron chi connectivity index (χ2n) is 7.93. The summed E-state index contributed by atoms with van der Waals surface area (Å²) < 4.78 is 34.9. The molecule has 1 saturated heterocycles. The number of ether oxygens (including phenoxy) is 1. The minimum absolute atomic E-state index is 0.0199. The Bertz CT molecular complexity index is 1110. The maximum absolute atomic E-state index is 13.5. The molecule has 9 heteroatoms. The predicted molar refractivity (Wildman–Crippen MR) is 106 cm³/mol. The highest BCUT2D eigenvalue weighted by Crippen LogP contribution is 2.66. The summed E-state index contributed by atoms with van der Waals surface area (Å²) in [7, 11) is -3.71. The van der Waals surface area contributed by atoms with E-state index in [9.17, 15) is 13.2 Å². The zero-order chi connectivity index (χ0) is 20.4. The van der Waals surface area contributed by atoms with Crippen molar-refractivity contribution in [2.24, 2.45) is 5.41 Å². The first-order valence-electron chi connectivity index (χ1n) is 9.51. The van der Waals surface area contributed by atoms with Crippen LogP contribution in [0.2, 0.25) is 5.02 Å². The molecule has 29 heavy (non-hydrogen) atoms. The van der Waals surface area contributed by atoms with Crippen LogP contribution in [-0.2, 0) is 21.2 Å².